The zero-order valence-corrected chi connectivity index (χ0v) is 7.13. The van der Waals surface area contributed by atoms with Gasteiger partial charge >= 0.3 is 0 Å². The third-order valence-electron chi connectivity index (χ3n) is 1.78. The monoisotopic (exact) mass is 183 g/mol. The summed E-state index contributed by atoms with van der Waals surface area (Å²) in [5.41, 5.74) is 5.94. The molecule has 0 spiro atoms. The molecule has 1 atom stereocenters. The summed E-state index contributed by atoms with van der Waals surface area (Å²) in [5.74, 6) is -1.19. The Morgan fingerprint density at radius 3 is 2.69 bits per heavy atom. The first kappa shape index (κ1) is 9.86. The molecular formula is C10H11F2N. The molecule has 3 heteroatoms. The Hall–Kier alpha value is -1.22. The van der Waals surface area contributed by atoms with Gasteiger partial charge in [-0.2, -0.15) is 0 Å². The van der Waals surface area contributed by atoms with E-state index in [9.17, 15) is 8.78 Å². The van der Waals surface area contributed by atoms with Crippen LogP contribution in [0.1, 0.15) is 18.0 Å². The van der Waals surface area contributed by atoms with Gasteiger partial charge in [-0.05, 0) is 12.5 Å². The largest absolute Gasteiger partial charge is 0.324 e. The highest BCUT2D eigenvalue weighted by atomic mass is 19.1. The first-order valence-corrected chi connectivity index (χ1v) is 3.96. The minimum atomic E-state index is -0.602. The average molecular weight is 183 g/mol. The third kappa shape index (κ3) is 2.36. The van der Waals surface area contributed by atoms with Gasteiger partial charge in [-0.1, -0.05) is 12.1 Å². The lowest BCUT2D eigenvalue weighted by atomic mass is 10.0. The number of rotatable bonds is 3. The summed E-state index contributed by atoms with van der Waals surface area (Å²) in [6, 6.07) is 2.94. The maximum absolute atomic E-state index is 13.1. The van der Waals surface area contributed by atoms with Gasteiger partial charge in [-0.15, -0.1) is 6.58 Å². The Kier molecular flexibility index (Phi) is 3.14. The minimum absolute atomic E-state index is 0.321. The van der Waals surface area contributed by atoms with Crippen molar-refractivity contribution in [2.45, 2.75) is 12.5 Å². The fourth-order valence-corrected chi connectivity index (χ4v) is 1.11. The number of benzene rings is 1. The Balaban J connectivity index is 2.94. The third-order valence-corrected chi connectivity index (χ3v) is 1.78. The Morgan fingerprint density at radius 1 is 1.46 bits per heavy atom. The van der Waals surface area contributed by atoms with Crippen LogP contribution < -0.4 is 5.73 Å². The molecule has 0 aromatic heterocycles. The van der Waals surface area contributed by atoms with Gasteiger partial charge in [0.05, 0.1) is 0 Å². The van der Waals surface area contributed by atoms with Gasteiger partial charge in [0.2, 0.25) is 0 Å². The Labute approximate surface area is 75.9 Å². The molecule has 0 amide bonds. The van der Waals surface area contributed by atoms with Crippen LogP contribution in [0.25, 0.3) is 0 Å². The fraction of sp³-hybridized carbons (Fsp3) is 0.200. The number of nitrogens with two attached hydrogens (primary N) is 1. The van der Waals surface area contributed by atoms with Crippen LogP contribution in [0, 0.1) is 11.6 Å². The van der Waals surface area contributed by atoms with E-state index in [0.717, 1.165) is 6.07 Å². The van der Waals surface area contributed by atoms with Gasteiger partial charge in [0.25, 0.3) is 0 Å². The van der Waals surface area contributed by atoms with E-state index >= 15 is 0 Å². The molecule has 1 unspecified atom stereocenters. The molecule has 1 rings (SSSR count). The summed E-state index contributed by atoms with van der Waals surface area (Å²) in [7, 11) is 0. The van der Waals surface area contributed by atoms with Gasteiger partial charge in [-0.25, -0.2) is 8.78 Å². The van der Waals surface area contributed by atoms with Gasteiger partial charge in [-0.3, -0.25) is 0 Å². The van der Waals surface area contributed by atoms with Crippen molar-refractivity contribution in [1.82, 2.24) is 0 Å². The van der Waals surface area contributed by atoms with Crippen LogP contribution in [-0.2, 0) is 0 Å². The molecule has 1 aromatic rings. The maximum atomic E-state index is 13.1. The summed E-state index contributed by atoms with van der Waals surface area (Å²) in [5, 5.41) is 0. The second kappa shape index (κ2) is 4.14. The Morgan fingerprint density at radius 2 is 2.15 bits per heavy atom. The molecular weight excluding hydrogens is 172 g/mol. The van der Waals surface area contributed by atoms with Crippen molar-refractivity contribution in [1.29, 1.82) is 0 Å². The molecule has 0 bridgehead atoms. The fourth-order valence-electron chi connectivity index (χ4n) is 1.11. The molecule has 0 heterocycles. The lowest BCUT2D eigenvalue weighted by molar-refractivity contribution is 0.556. The molecule has 0 fully saturated rings. The molecule has 0 aliphatic heterocycles. The minimum Gasteiger partial charge on any atom is -0.324 e. The molecule has 0 aliphatic rings. The molecule has 1 nitrogen and oxygen atoms in total. The van der Waals surface area contributed by atoms with E-state index in [-0.39, 0.29) is 0 Å². The molecule has 1 aromatic carbocycles. The highest BCUT2D eigenvalue weighted by Crippen LogP contribution is 2.18. The first-order valence-electron chi connectivity index (χ1n) is 3.96. The average Bonchev–Trinajstić information content (AvgIpc) is 2.04. The van der Waals surface area contributed by atoms with E-state index in [1.165, 1.54) is 12.1 Å². The van der Waals surface area contributed by atoms with Crippen molar-refractivity contribution in [3.8, 4) is 0 Å². The predicted molar refractivity (Wildman–Crippen MR) is 48.1 cm³/mol. The van der Waals surface area contributed by atoms with Crippen molar-refractivity contribution in [3.05, 3.63) is 48.1 Å². The van der Waals surface area contributed by atoms with E-state index in [4.69, 9.17) is 5.73 Å². The first-order chi connectivity index (χ1) is 6.15. The maximum Gasteiger partial charge on any atom is 0.130 e. The van der Waals surface area contributed by atoms with Crippen LogP contribution in [0.5, 0.6) is 0 Å². The summed E-state index contributed by atoms with van der Waals surface area (Å²) < 4.78 is 25.6. The van der Waals surface area contributed by atoms with Crippen LogP contribution in [0.3, 0.4) is 0 Å². The number of hydrogen-bond acceptors (Lipinski definition) is 1. The van der Waals surface area contributed by atoms with Gasteiger partial charge < -0.3 is 5.73 Å². The molecule has 13 heavy (non-hydrogen) atoms. The standard InChI is InChI=1S/C10H11F2N/c1-2-3-10(13)8-5-4-7(11)6-9(8)12/h2,4-6,10H,1,3,13H2. The van der Waals surface area contributed by atoms with Crippen molar-refractivity contribution >= 4 is 0 Å². The molecule has 70 valence electrons. The summed E-state index contributed by atoms with van der Waals surface area (Å²) in [4.78, 5) is 0. The van der Waals surface area contributed by atoms with Gasteiger partial charge in [0.15, 0.2) is 0 Å². The van der Waals surface area contributed by atoms with Crippen molar-refractivity contribution in [3.63, 3.8) is 0 Å². The van der Waals surface area contributed by atoms with Gasteiger partial charge in [0.1, 0.15) is 11.6 Å². The zero-order valence-electron chi connectivity index (χ0n) is 7.13. The quantitative estimate of drug-likeness (QED) is 0.716. The van der Waals surface area contributed by atoms with Crippen LogP contribution in [0.15, 0.2) is 30.9 Å². The van der Waals surface area contributed by atoms with Crippen LogP contribution >= 0.6 is 0 Å². The van der Waals surface area contributed by atoms with E-state index in [2.05, 4.69) is 6.58 Å². The number of hydrogen-bond donors (Lipinski definition) is 1. The predicted octanol–water partition coefficient (Wildman–Crippen LogP) is 2.54. The summed E-state index contributed by atoms with van der Waals surface area (Å²) >= 11 is 0. The molecule has 0 saturated heterocycles. The van der Waals surface area contributed by atoms with Crippen LogP contribution in [0.4, 0.5) is 8.78 Å². The van der Waals surface area contributed by atoms with Gasteiger partial charge in [0, 0.05) is 17.7 Å². The van der Waals surface area contributed by atoms with Crippen molar-refractivity contribution < 1.29 is 8.78 Å². The molecule has 0 radical (unpaired) electrons. The van der Waals surface area contributed by atoms with E-state index in [0.29, 0.717) is 12.0 Å². The summed E-state index contributed by atoms with van der Waals surface area (Å²) in [6.45, 7) is 3.50. The molecule has 0 aliphatic carbocycles. The smallest absolute Gasteiger partial charge is 0.130 e. The van der Waals surface area contributed by atoms with E-state index in [1.807, 2.05) is 0 Å². The normalized spacial score (nSPS) is 12.5. The molecule has 2 N–H and O–H groups in total. The highest BCUT2D eigenvalue weighted by molar-refractivity contribution is 5.22. The van der Waals surface area contributed by atoms with Crippen LogP contribution in [-0.4, -0.2) is 0 Å². The Bertz CT molecular complexity index is 310. The second-order valence-electron chi connectivity index (χ2n) is 2.80. The topological polar surface area (TPSA) is 26.0 Å². The lowest BCUT2D eigenvalue weighted by Crippen LogP contribution is -2.11. The second-order valence-corrected chi connectivity index (χ2v) is 2.80. The highest BCUT2D eigenvalue weighted by Gasteiger charge is 2.10. The van der Waals surface area contributed by atoms with E-state index in [1.54, 1.807) is 6.08 Å². The van der Waals surface area contributed by atoms with Crippen LogP contribution in [0.2, 0.25) is 0 Å². The zero-order chi connectivity index (χ0) is 9.84. The number of halogens is 2. The van der Waals surface area contributed by atoms with E-state index < -0.39 is 17.7 Å². The van der Waals surface area contributed by atoms with Crippen molar-refractivity contribution in [2.75, 3.05) is 0 Å². The summed E-state index contributed by atoms with van der Waals surface area (Å²) in [6.07, 6.45) is 2.08. The SMILES string of the molecule is C=CCC(N)c1ccc(F)cc1F. The molecule has 0 saturated carbocycles. The van der Waals surface area contributed by atoms with Crippen molar-refractivity contribution in [2.24, 2.45) is 5.73 Å². The lowest BCUT2D eigenvalue weighted by Gasteiger charge is -2.09.